The fourth-order valence-corrected chi connectivity index (χ4v) is 1.82. The molecule has 0 fully saturated rings. The third kappa shape index (κ3) is 4.22. The summed E-state index contributed by atoms with van der Waals surface area (Å²) in [6, 6.07) is 8.26. The first-order chi connectivity index (χ1) is 8.04. The van der Waals surface area contributed by atoms with Gasteiger partial charge in [-0.15, -0.1) is 0 Å². The Labute approximate surface area is 104 Å². The summed E-state index contributed by atoms with van der Waals surface area (Å²) in [6.45, 7) is 8.56. The van der Waals surface area contributed by atoms with E-state index in [4.69, 9.17) is 4.74 Å². The van der Waals surface area contributed by atoms with E-state index in [1.165, 1.54) is 5.56 Å². The quantitative estimate of drug-likeness (QED) is 0.728. The lowest BCUT2D eigenvalue weighted by Crippen LogP contribution is -2.12. The largest absolute Gasteiger partial charge is 0.466 e. The summed E-state index contributed by atoms with van der Waals surface area (Å²) in [5, 5.41) is 0. The smallest absolute Gasteiger partial charge is 0.313 e. The molecule has 17 heavy (non-hydrogen) atoms. The number of rotatable bonds is 5. The van der Waals surface area contributed by atoms with Crippen LogP contribution in [0.2, 0.25) is 0 Å². The van der Waals surface area contributed by atoms with Crippen LogP contribution in [-0.4, -0.2) is 12.6 Å². The van der Waals surface area contributed by atoms with E-state index < -0.39 is 0 Å². The van der Waals surface area contributed by atoms with Gasteiger partial charge in [-0.05, 0) is 37.3 Å². The summed E-state index contributed by atoms with van der Waals surface area (Å²) < 4.78 is 5.01. The molecule has 2 nitrogen and oxygen atoms in total. The molecule has 0 saturated carbocycles. The molecular weight excluding hydrogens is 212 g/mol. The van der Waals surface area contributed by atoms with Gasteiger partial charge < -0.3 is 4.74 Å². The van der Waals surface area contributed by atoms with E-state index in [9.17, 15) is 4.79 Å². The first kappa shape index (κ1) is 13.8. The van der Waals surface area contributed by atoms with Crippen LogP contribution in [-0.2, 0) is 16.0 Å². The van der Waals surface area contributed by atoms with Gasteiger partial charge in [0.05, 0.1) is 12.5 Å². The molecule has 0 aliphatic rings. The maximum Gasteiger partial charge on any atom is 0.313 e. The highest BCUT2D eigenvalue weighted by Crippen LogP contribution is 2.18. The predicted molar refractivity (Wildman–Crippen MR) is 70.0 cm³/mol. The van der Waals surface area contributed by atoms with E-state index in [2.05, 4.69) is 26.0 Å². The van der Waals surface area contributed by atoms with Crippen LogP contribution in [0.5, 0.6) is 0 Å². The molecule has 0 bridgehead atoms. The van der Waals surface area contributed by atoms with Crippen LogP contribution >= 0.6 is 0 Å². The molecule has 0 unspecified atom stereocenters. The average molecular weight is 234 g/mol. The molecule has 0 heterocycles. The molecule has 0 amide bonds. The Morgan fingerprint density at radius 3 is 2.24 bits per heavy atom. The number of carbonyl (C=O) groups excluding carboxylic acids is 1. The lowest BCUT2D eigenvalue weighted by molar-refractivity contribution is -0.144. The minimum atomic E-state index is -0.178. The van der Waals surface area contributed by atoms with E-state index in [0.29, 0.717) is 12.5 Å². The summed E-state index contributed by atoms with van der Waals surface area (Å²) in [5.41, 5.74) is 2.34. The number of hydrogen-bond acceptors (Lipinski definition) is 2. The molecule has 1 rings (SSSR count). The molecule has 2 heteroatoms. The van der Waals surface area contributed by atoms with E-state index >= 15 is 0 Å². The number of hydrogen-bond donors (Lipinski definition) is 0. The van der Waals surface area contributed by atoms with Gasteiger partial charge in [-0.2, -0.15) is 0 Å². The van der Waals surface area contributed by atoms with Gasteiger partial charge in [0.2, 0.25) is 0 Å². The van der Waals surface area contributed by atoms with Crippen LogP contribution < -0.4 is 0 Å². The number of ether oxygens (including phenoxy) is 1. The van der Waals surface area contributed by atoms with Crippen molar-refractivity contribution in [3.63, 3.8) is 0 Å². The second kappa shape index (κ2) is 6.43. The van der Waals surface area contributed by atoms with E-state index in [1.807, 2.05) is 26.0 Å². The topological polar surface area (TPSA) is 26.3 Å². The SMILES string of the molecule is CCOC(=O)[C@@H](C)c1ccc(CC(C)C)cc1. The molecule has 0 N–H and O–H groups in total. The minimum Gasteiger partial charge on any atom is -0.466 e. The number of esters is 1. The average Bonchev–Trinajstić information content (AvgIpc) is 2.28. The fourth-order valence-electron chi connectivity index (χ4n) is 1.82. The van der Waals surface area contributed by atoms with Crippen molar-refractivity contribution in [1.29, 1.82) is 0 Å². The summed E-state index contributed by atoms with van der Waals surface area (Å²) in [7, 11) is 0. The van der Waals surface area contributed by atoms with Crippen molar-refractivity contribution in [3.05, 3.63) is 35.4 Å². The third-order valence-electron chi connectivity index (χ3n) is 2.76. The summed E-state index contributed by atoms with van der Waals surface area (Å²) >= 11 is 0. The van der Waals surface area contributed by atoms with E-state index in [0.717, 1.165) is 12.0 Å². The molecule has 0 spiro atoms. The Bertz CT molecular complexity index is 352. The zero-order valence-electron chi connectivity index (χ0n) is 11.2. The minimum absolute atomic E-state index is 0.149. The van der Waals surface area contributed by atoms with Crippen LogP contribution in [0.1, 0.15) is 44.7 Å². The number of benzene rings is 1. The highest BCUT2D eigenvalue weighted by Gasteiger charge is 2.15. The maximum atomic E-state index is 11.6. The second-order valence-corrected chi connectivity index (χ2v) is 4.81. The van der Waals surface area contributed by atoms with Crippen LogP contribution in [0, 0.1) is 5.92 Å². The van der Waals surface area contributed by atoms with E-state index in [1.54, 1.807) is 0 Å². The fraction of sp³-hybridized carbons (Fsp3) is 0.533. The Morgan fingerprint density at radius 1 is 1.18 bits per heavy atom. The summed E-state index contributed by atoms with van der Waals surface area (Å²) in [4.78, 5) is 11.6. The van der Waals surface area contributed by atoms with E-state index in [-0.39, 0.29) is 11.9 Å². The Hall–Kier alpha value is -1.31. The molecule has 1 atom stereocenters. The van der Waals surface area contributed by atoms with Gasteiger partial charge in [0.25, 0.3) is 0 Å². The van der Waals surface area contributed by atoms with Crippen molar-refractivity contribution in [2.75, 3.05) is 6.61 Å². The van der Waals surface area contributed by atoms with Gasteiger partial charge in [0, 0.05) is 0 Å². The highest BCUT2D eigenvalue weighted by molar-refractivity contribution is 5.77. The van der Waals surface area contributed by atoms with Gasteiger partial charge in [-0.1, -0.05) is 38.1 Å². The monoisotopic (exact) mass is 234 g/mol. The normalized spacial score (nSPS) is 12.5. The first-order valence-electron chi connectivity index (χ1n) is 6.30. The zero-order valence-corrected chi connectivity index (χ0v) is 11.2. The lowest BCUT2D eigenvalue weighted by atomic mass is 9.97. The van der Waals surface area contributed by atoms with Crippen molar-refractivity contribution >= 4 is 5.97 Å². The van der Waals surface area contributed by atoms with Crippen LogP contribution in [0.3, 0.4) is 0 Å². The molecule has 94 valence electrons. The maximum absolute atomic E-state index is 11.6. The Kier molecular flexibility index (Phi) is 5.20. The molecular formula is C15H22O2. The lowest BCUT2D eigenvalue weighted by Gasteiger charge is -2.12. The second-order valence-electron chi connectivity index (χ2n) is 4.81. The van der Waals surface area contributed by atoms with Crippen molar-refractivity contribution in [3.8, 4) is 0 Å². The Morgan fingerprint density at radius 2 is 1.76 bits per heavy atom. The molecule has 0 saturated heterocycles. The molecule has 1 aromatic rings. The molecule has 0 aliphatic heterocycles. The highest BCUT2D eigenvalue weighted by atomic mass is 16.5. The molecule has 0 aliphatic carbocycles. The van der Waals surface area contributed by atoms with Crippen molar-refractivity contribution in [2.24, 2.45) is 5.92 Å². The van der Waals surface area contributed by atoms with Crippen molar-refractivity contribution in [1.82, 2.24) is 0 Å². The molecule has 0 radical (unpaired) electrons. The van der Waals surface area contributed by atoms with Crippen LogP contribution in [0.15, 0.2) is 24.3 Å². The number of carbonyl (C=O) groups is 1. The van der Waals surface area contributed by atoms with Gasteiger partial charge in [0.1, 0.15) is 0 Å². The standard InChI is InChI=1S/C15H22O2/c1-5-17-15(16)12(4)14-8-6-13(7-9-14)10-11(2)3/h6-9,11-12H,5,10H2,1-4H3/t12-/m0/s1. The molecule has 0 aromatic heterocycles. The van der Waals surface area contributed by atoms with Crippen LogP contribution in [0.25, 0.3) is 0 Å². The van der Waals surface area contributed by atoms with Gasteiger partial charge >= 0.3 is 5.97 Å². The third-order valence-corrected chi connectivity index (χ3v) is 2.76. The van der Waals surface area contributed by atoms with Crippen molar-refractivity contribution < 1.29 is 9.53 Å². The Balaban J connectivity index is 2.70. The van der Waals surface area contributed by atoms with Gasteiger partial charge in [-0.25, -0.2) is 0 Å². The summed E-state index contributed by atoms with van der Waals surface area (Å²) in [5.74, 6) is 0.329. The predicted octanol–water partition coefficient (Wildman–Crippen LogP) is 3.55. The van der Waals surface area contributed by atoms with Crippen LogP contribution in [0.4, 0.5) is 0 Å². The van der Waals surface area contributed by atoms with Crippen molar-refractivity contribution in [2.45, 2.75) is 40.0 Å². The summed E-state index contributed by atoms with van der Waals surface area (Å²) in [6.07, 6.45) is 1.08. The molecule has 1 aromatic carbocycles. The van der Waals surface area contributed by atoms with Gasteiger partial charge in [0.15, 0.2) is 0 Å². The first-order valence-corrected chi connectivity index (χ1v) is 6.30. The van der Waals surface area contributed by atoms with Gasteiger partial charge in [-0.3, -0.25) is 4.79 Å². The zero-order chi connectivity index (χ0) is 12.8.